The highest BCUT2D eigenvalue weighted by Gasteiger charge is 2.00. The van der Waals surface area contributed by atoms with Crippen molar-refractivity contribution in [2.24, 2.45) is 0 Å². The van der Waals surface area contributed by atoms with Crippen molar-refractivity contribution in [2.75, 3.05) is 19.7 Å². The van der Waals surface area contributed by atoms with Crippen LogP contribution in [0.3, 0.4) is 0 Å². The lowest BCUT2D eigenvalue weighted by Crippen LogP contribution is -2.36. The monoisotopic (exact) mass is 308 g/mol. The zero-order valence-corrected chi connectivity index (χ0v) is 12.7. The number of carbonyl (C=O) groups excluding carboxylic acids is 1. The Morgan fingerprint density at radius 3 is 2.32 bits per heavy atom. The Labute approximate surface area is 130 Å². The van der Waals surface area contributed by atoms with Gasteiger partial charge in [0, 0.05) is 19.5 Å². The number of carbonyl (C=O) groups is 2. The van der Waals surface area contributed by atoms with Crippen LogP contribution in [-0.4, -0.2) is 36.8 Å². The molecule has 0 aliphatic heterocycles. The van der Waals surface area contributed by atoms with Gasteiger partial charge in [-0.2, -0.15) is 0 Å². The van der Waals surface area contributed by atoms with Gasteiger partial charge in [0.1, 0.15) is 5.75 Å². The van der Waals surface area contributed by atoms with Crippen LogP contribution in [0.4, 0.5) is 4.79 Å². The van der Waals surface area contributed by atoms with Crippen LogP contribution in [0.5, 0.6) is 5.75 Å². The summed E-state index contributed by atoms with van der Waals surface area (Å²) >= 11 is 0. The van der Waals surface area contributed by atoms with Crippen LogP contribution in [0.25, 0.3) is 0 Å². The molecule has 0 aromatic heterocycles. The largest absolute Gasteiger partial charge is 0.494 e. The molecule has 6 heteroatoms. The minimum absolute atomic E-state index is 0.188. The van der Waals surface area contributed by atoms with Gasteiger partial charge in [0.05, 0.1) is 6.61 Å². The first kappa shape index (κ1) is 17.8. The average molecular weight is 308 g/mol. The lowest BCUT2D eigenvalue weighted by Gasteiger charge is -2.08. The Morgan fingerprint density at radius 1 is 0.955 bits per heavy atom. The summed E-state index contributed by atoms with van der Waals surface area (Å²) in [7, 11) is 0. The number of ether oxygens (including phenoxy) is 1. The standard InChI is InChI=1S/C16H24N2O4/c19-15(20)10-5-2-6-11-17-16(21)18-12-7-13-22-14-8-3-1-4-9-14/h1,3-4,8-9H,2,5-7,10-13H2,(H,19,20)(H2,17,18,21). The fourth-order valence-electron chi connectivity index (χ4n) is 1.82. The van der Waals surface area contributed by atoms with Gasteiger partial charge in [0.15, 0.2) is 0 Å². The molecule has 1 rings (SSSR count). The number of amides is 2. The van der Waals surface area contributed by atoms with E-state index in [0.29, 0.717) is 26.1 Å². The second-order valence-corrected chi connectivity index (χ2v) is 4.90. The van der Waals surface area contributed by atoms with Crippen molar-refractivity contribution in [3.8, 4) is 5.75 Å². The zero-order valence-electron chi connectivity index (χ0n) is 12.7. The number of rotatable bonds is 11. The minimum atomic E-state index is -0.775. The molecule has 122 valence electrons. The van der Waals surface area contributed by atoms with Gasteiger partial charge in [-0.15, -0.1) is 0 Å². The molecule has 0 atom stereocenters. The summed E-state index contributed by atoms with van der Waals surface area (Å²) in [5, 5.41) is 14.0. The van der Waals surface area contributed by atoms with Crippen molar-refractivity contribution in [2.45, 2.75) is 32.1 Å². The Balaban J connectivity index is 1.90. The highest BCUT2D eigenvalue weighted by Crippen LogP contribution is 2.07. The summed E-state index contributed by atoms with van der Waals surface area (Å²) in [6.07, 6.45) is 3.17. The van der Waals surface area contributed by atoms with Crippen LogP contribution in [0.1, 0.15) is 32.1 Å². The summed E-state index contributed by atoms with van der Waals surface area (Å²) < 4.78 is 5.51. The molecule has 0 fully saturated rings. The third kappa shape index (κ3) is 9.63. The number of para-hydroxylation sites is 1. The number of carboxylic acid groups (broad SMARTS) is 1. The van der Waals surface area contributed by atoms with E-state index in [9.17, 15) is 9.59 Å². The Bertz CT molecular complexity index is 437. The molecule has 0 saturated heterocycles. The number of carboxylic acids is 1. The molecule has 0 radical (unpaired) electrons. The number of benzene rings is 1. The molecule has 1 aromatic carbocycles. The third-order valence-electron chi connectivity index (χ3n) is 2.97. The van der Waals surface area contributed by atoms with Crippen molar-refractivity contribution in [3.05, 3.63) is 30.3 Å². The van der Waals surface area contributed by atoms with Crippen LogP contribution in [0, 0.1) is 0 Å². The first-order valence-electron chi connectivity index (χ1n) is 7.60. The number of hydrogen-bond donors (Lipinski definition) is 3. The second kappa shape index (κ2) is 11.4. The summed E-state index contributed by atoms with van der Waals surface area (Å²) in [6.45, 7) is 1.67. The van der Waals surface area contributed by atoms with E-state index in [-0.39, 0.29) is 12.5 Å². The van der Waals surface area contributed by atoms with Gasteiger partial charge in [-0.25, -0.2) is 4.79 Å². The van der Waals surface area contributed by atoms with Gasteiger partial charge < -0.3 is 20.5 Å². The predicted octanol–water partition coefficient (Wildman–Crippen LogP) is 2.40. The van der Waals surface area contributed by atoms with Crippen molar-refractivity contribution in [1.29, 1.82) is 0 Å². The Kier molecular flexibility index (Phi) is 9.25. The van der Waals surface area contributed by atoms with Crippen LogP contribution < -0.4 is 15.4 Å². The second-order valence-electron chi connectivity index (χ2n) is 4.90. The average Bonchev–Trinajstić information content (AvgIpc) is 2.51. The maximum absolute atomic E-state index is 11.5. The fraction of sp³-hybridized carbons (Fsp3) is 0.500. The number of urea groups is 1. The number of unbranched alkanes of at least 4 members (excludes halogenated alkanes) is 2. The number of aliphatic carboxylic acids is 1. The zero-order chi connectivity index (χ0) is 16.0. The summed E-state index contributed by atoms with van der Waals surface area (Å²) in [6, 6.07) is 9.35. The maximum atomic E-state index is 11.5. The normalized spacial score (nSPS) is 10.0. The Morgan fingerprint density at radius 2 is 1.64 bits per heavy atom. The van der Waals surface area contributed by atoms with Crippen molar-refractivity contribution in [3.63, 3.8) is 0 Å². The SMILES string of the molecule is O=C(O)CCCCCNC(=O)NCCCOc1ccccc1. The molecule has 6 nitrogen and oxygen atoms in total. The highest BCUT2D eigenvalue weighted by atomic mass is 16.5. The number of hydrogen-bond acceptors (Lipinski definition) is 3. The summed E-state index contributed by atoms with van der Waals surface area (Å²) in [5.74, 6) is 0.0525. The van der Waals surface area contributed by atoms with Crippen molar-refractivity contribution < 1.29 is 19.4 Å². The van der Waals surface area contributed by atoms with E-state index >= 15 is 0 Å². The van der Waals surface area contributed by atoms with Gasteiger partial charge in [0.2, 0.25) is 0 Å². The lowest BCUT2D eigenvalue weighted by molar-refractivity contribution is -0.137. The molecule has 1 aromatic rings. The van der Waals surface area contributed by atoms with Crippen LogP contribution in [0.15, 0.2) is 30.3 Å². The summed E-state index contributed by atoms with van der Waals surface area (Å²) in [4.78, 5) is 21.8. The molecule has 0 heterocycles. The van der Waals surface area contributed by atoms with Gasteiger partial charge in [0.25, 0.3) is 0 Å². The number of nitrogens with one attached hydrogen (secondary N) is 2. The van der Waals surface area contributed by atoms with Gasteiger partial charge in [-0.1, -0.05) is 24.6 Å². The first-order chi connectivity index (χ1) is 10.7. The van der Waals surface area contributed by atoms with E-state index < -0.39 is 5.97 Å². The van der Waals surface area contributed by atoms with Crippen LogP contribution >= 0.6 is 0 Å². The maximum Gasteiger partial charge on any atom is 0.314 e. The van der Waals surface area contributed by atoms with Crippen LogP contribution in [-0.2, 0) is 4.79 Å². The topological polar surface area (TPSA) is 87.7 Å². The quantitative estimate of drug-likeness (QED) is 0.548. The van der Waals surface area contributed by atoms with E-state index in [0.717, 1.165) is 25.0 Å². The van der Waals surface area contributed by atoms with E-state index in [1.165, 1.54) is 0 Å². The molecule has 0 bridgehead atoms. The van der Waals surface area contributed by atoms with E-state index in [4.69, 9.17) is 9.84 Å². The molecular weight excluding hydrogens is 284 g/mol. The molecule has 22 heavy (non-hydrogen) atoms. The molecule has 0 spiro atoms. The fourth-order valence-corrected chi connectivity index (χ4v) is 1.82. The highest BCUT2D eigenvalue weighted by molar-refractivity contribution is 5.73. The minimum Gasteiger partial charge on any atom is -0.494 e. The molecule has 0 aliphatic rings. The van der Waals surface area contributed by atoms with E-state index in [2.05, 4.69) is 10.6 Å². The first-order valence-corrected chi connectivity index (χ1v) is 7.60. The van der Waals surface area contributed by atoms with Crippen molar-refractivity contribution in [1.82, 2.24) is 10.6 Å². The van der Waals surface area contributed by atoms with Gasteiger partial charge >= 0.3 is 12.0 Å². The van der Waals surface area contributed by atoms with E-state index in [1.807, 2.05) is 30.3 Å². The molecular formula is C16H24N2O4. The van der Waals surface area contributed by atoms with Crippen molar-refractivity contribution >= 4 is 12.0 Å². The molecule has 0 aliphatic carbocycles. The van der Waals surface area contributed by atoms with E-state index in [1.54, 1.807) is 0 Å². The molecule has 0 unspecified atom stereocenters. The smallest absolute Gasteiger partial charge is 0.314 e. The lowest BCUT2D eigenvalue weighted by atomic mass is 10.2. The molecule has 0 saturated carbocycles. The predicted molar refractivity (Wildman–Crippen MR) is 84.1 cm³/mol. The molecule has 2 amide bonds. The summed E-state index contributed by atoms with van der Waals surface area (Å²) in [5.41, 5.74) is 0. The third-order valence-corrected chi connectivity index (χ3v) is 2.97. The van der Waals surface area contributed by atoms with Gasteiger partial charge in [-0.05, 0) is 31.4 Å². The van der Waals surface area contributed by atoms with Crippen LogP contribution in [0.2, 0.25) is 0 Å². The van der Waals surface area contributed by atoms with Gasteiger partial charge in [-0.3, -0.25) is 4.79 Å². The molecule has 3 N–H and O–H groups in total. The Hall–Kier alpha value is -2.24.